The summed E-state index contributed by atoms with van der Waals surface area (Å²) in [4.78, 5) is 11.4. The van der Waals surface area contributed by atoms with E-state index in [-0.39, 0.29) is 0 Å². The van der Waals surface area contributed by atoms with Crippen molar-refractivity contribution >= 4 is 17.7 Å². The van der Waals surface area contributed by atoms with E-state index in [0.717, 1.165) is 18.2 Å². The second-order valence-corrected chi connectivity index (χ2v) is 3.56. The molecular formula is C13H8F3NO2. The molecule has 1 heterocycles. The average molecular weight is 267 g/mol. The summed E-state index contributed by atoms with van der Waals surface area (Å²) in [7, 11) is 0. The first-order valence-corrected chi connectivity index (χ1v) is 5.24. The smallest absolute Gasteiger partial charge is 0.248 e. The summed E-state index contributed by atoms with van der Waals surface area (Å²) in [5.41, 5.74) is -0.437. The highest BCUT2D eigenvalue weighted by Crippen LogP contribution is 2.19. The first kappa shape index (κ1) is 12.9. The van der Waals surface area contributed by atoms with Crippen LogP contribution in [0.4, 0.5) is 18.9 Å². The number of benzene rings is 1. The van der Waals surface area contributed by atoms with Crippen molar-refractivity contribution in [1.29, 1.82) is 0 Å². The van der Waals surface area contributed by atoms with Gasteiger partial charge in [0.25, 0.3) is 0 Å². The number of anilines is 1. The van der Waals surface area contributed by atoms with Crippen LogP contribution in [-0.4, -0.2) is 5.91 Å². The molecule has 0 saturated heterocycles. The van der Waals surface area contributed by atoms with E-state index in [4.69, 9.17) is 4.42 Å². The van der Waals surface area contributed by atoms with Crippen LogP contribution in [0.2, 0.25) is 0 Å². The highest BCUT2D eigenvalue weighted by atomic mass is 19.2. The zero-order valence-electron chi connectivity index (χ0n) is 9.49. The maximum Gasteiger partial charge on any atom is 0.248 e. The van der Waals surface area contributed by atoms with Gasteiger partial charge in [-0.1, -0.05) is 0 Å². The van der Waals surface area contributed by atoms with Crippen molar-refractivity contribution in [1.82, 2.24) is 0 Å². The lowest BCUT2D eigenvalue weighted by molar-refractivity contribution is -0.111. The molecule has 1 amide bonds. The van der Waals surface area contributed by atoms with Gasteiger partial charge in [0.05, 0.1) is 12.0 Å². The van der Waals surface area contributed by atoms with Gasteiger partial charge in [-0.3, -0.25) is 4.79 Å². The van der Waals surface area contributed by atoms with Crippen molar-refractivity contribution in [2.24, 2.45) is 0 Å². The zero-order valence-corrected chi connectivity index (χ0v) is 9.49. The SMILES string of the molecule is O=C(C=Cc1ccco1)Nc1ccc(F)c(F)c1F. The molecule has 1 aromatic carbocycles. The van der Waals surface area contributed by atoms with E-state index in [2.05, 4.69) is 5.32 Å². The van der Waals surface area contributed by atoms with Crippen LogP contribution in [0.15, 0.2) is 41.0 Å². The fourth-order valence-electron chi connectivity index (χ4n) is 1.34. The summed E-state index contributed by atoms with van der Waals surface area (Å²) in [6.45, 7) is 0. The molecule has 1 aromatic heterocycles. The number of carbonyl (C=O) groups excluding carboxylic acids is 1. The Bertz CT molecular complexity index is 621. The lowest BCUT2D eigenvalue weighted by Crippen LogP contribution is -2.10. The average Bonchev–Trinajstić information content (AvgIpc) is 2.90. The van der Waals surface area contributed by atoms with Gasteiger partial charge in [-0.15, -0.1) is 0 Å². The maximum absolute atomic E-state index is 13.3. The van der Waals surface area contributed by atoms with Crippen molar-refractivity contribution in [3.05, 3.63) is 59.8 Å². The number of furan rings is 1. The number of amides is 1. The Hall–Kier alpha value is -2.50. The van der Waals surface area contributed by atoms with Gasteiger partial charge in [-0.2, -0.15) is 0 Å². The molecule has 0 bridgehead atoms. The molecule has 0 fully saturated rings. The molecule has 0 unspecified atom stereocenters. The largest absolute Gasteiger partial charge is 0.465 e. The summed E-state index contributed by atoms with van der Waals surface area (Å²) >= 11 is 0. The van der Waals surface area contributed by atoms with Gasteiger partial charge < -0.3 is 9.73 Å². The molecule has 19 heavy (non-hydrogen) atoms. The molecule has 0 spiro atoms. The predicted octanol–water partition coefficient (Wildman–Crippen LogP) is 3.35. The van der Waals surface area contributed by atoms with E-state index >= 15 is 0 Å². The molecule has 1 N–H and O–H groups in total. The van der Waals surface area contributed by atoms with Gasteiger partial charge in [0.15, 0.2) is 17.5 Å². The van der Waals surface area contributed by atoms with E-state index in [1.807, 2.05) is 0 Å². The summed E-state index contributed by atoms with van der Waals surface area (Å²) in [6, 6.07) is 4.91. The first-order valence-electron chi connectivity index (χ1n) is 5.24. The number of halogens is 3. The number of rotatable bonds is 3. The lowest BCUT2D eigenvalue weighted by Gasteiger charge is -2.04. The van der Waals surface area contributed by atoms with Gasteiger partial charge >= 0.3 is 0 Å². The topological polar surface area (TPSA) is 42.2 Å². The van der Waals surface area contributed by atoms with Crippen LogP contribution in [0.1, 0.15) is 5.76 Å². The first-order chi connectivity index (χ1) is 9.08. The van der Waals surface area contributed by atoms with Crippen LogP contribution in [0.25, 0.3) is 6.08 Å². The second kappa shape index (κ2) is 5.43. The maximum atomic E-state index is 13.3. The minimum Gasteiger partial charge on any atom is -0.465 e. The third-order valence-electron chi connectivity index (χ3n) is 2.24. The second-order valence-electron chi connectivity index (χ2n) is 3.56. The van der Waals surface area contributed by atoms with Crippen molar-refractivity contribution in [2.75, 3.05) is 5.32 Å². The van der Waals surface area contributed by atoms with Crippen LogP contribution in [-0.2, 0) is 4.79 Å². The molecule has 2 rings (SSSR count). The van der Waals surface area contributed by atoms with Gasteiger partial charge in [0, 0.05) is 6.08 Å². The highest BCUT2D eigenvalue weighted by molar-refractivity contribution is 6.01. The molecule has 0 radical (unpaired) electrons. The highest BCUT2D eigenvalue weighted by Gasteiger charge is 2.14. The van der Waals surface area contributed by atoms with Crippen LogP contribution < -0.4 is 5.32 Å². The van der Waals surface area contributed by atoms with Crippen LogP contribution in [0, 0.1) is 17.5 Å². The number of hydrogen-bond donors (Lipinski definition) is 1. The number of nitrogens with one attached hydrogen (secondary N) is 1. The third-order valence-corrected chi connectivity index (χ3v) is 2.24. The summed E-state index contributed by atoms with van der Waals surface area (Å²) in [6.07, 6.45) is 3.86. The molecule has 2 aromatic rings. The Morgan fingerprint density at radius 1 is 1.16 bits per heavy atom. The standard InChI is InChI=1S/C13H8F3NO2/c14-9-4-5-10(13(16)12(9)15)17-11(18)6-3-8-2-1-7-19-8/h1-7H,(H,17,18). The van der Waals surface area contributed by atoms with E-state index in [0.29, 0.717) is 5.76 Å². The third kappa shape index (κ3) is 3.04. The lowest BCUT2D eigenvalue weighted by atomic mass is 10.2. The Labute approximate surface area is 106 Å². The van der Waals surface area contributed by atoms with Crippen LogP contribution in [0.3, 0.4) is 0 Å². The van der Waals surface area contributed by atoms with Gasteiger partial charge in [0.1, 0.15) is 5.76 Å². The normalized spacial score (nSPS) is 10.9. The number of carbonyl (C=O) groups is 1. The van der Waals surface area contributed by atoms with Crippen molar-refractivity contribution < 1.29 is 22.4 Å². The predicted molar refractivity (Wildman–Crippen MR) is 62.7 cm³/mol. The van der Waals surface area contributed by atoms with Crippen molar-refractivity contribution in [2.45, 2.75) is 0 Å². The van der Waals surface area contributed by atoms with Crippen LogP contribution in [0.5, 0.6) is 0 Å². The Balaban J connectivity index is 2.09. The quantitative estimate of drug-likeness (QED) is 0.684. The van der Waals surface area contributed by atoms with Gasteiger partial charge in [-0.05, 0) is 30.3 Å². The van der Waals surface area contributed by atoms with Gasteiger partial charge in [-0.25, -0.2) is 13.2 Å². The zero-order chi connectivity index (χ0) is 13.8. The Morgan fingerprint density at radius 3 is 2.63 bits per heavy atom. The van der Waals surface area contributed by atoms with E-state index in [9.17, 15) is 18.0 Å². The Kier molecular flexibility index (Phi) is 3.70. The molecule has 0 saturated carbocycles. The minimum atomic E-state index is -1.63. The van der Waals surface area contributed by atoms with E-state index < -0.39 is 29.0 Å². The van der Waals surface area contributed by atoms with Gasteiger partial charge in [0.2, 0.25) is 5.91 Å². The summed E-state index contributed by atoms with van der Waals surface area (Å²) < 4.78 is 43.8. The monoisotopic (exact) mass is 267 g/mol. The van der Waals surface area contributed by atoms with E-state index in [1.54, 1.807) is 12.1 Å². The molecule has 6 heteroatoms. The van der Waals surface area contributed by atoms with Crippen molar-refractivity contribution in [3.63, 3.8) is 0 Å². The molecule has 0 aliphatic carbocycles. The van der Waals surface area contributed by atoms with E-state index in [1.165, 1.54) is 12.3 Å². The van der Waals surface area contributed by atoms with Crippen molar-refractivity contribution in [3.8, 4) is 0 Å². The summed E-state index contributed by atoms with van der Waals surface area (Å²) in [5, 5.41) is 2.09. The Morgan fingerprint density at radius 2 is 1.95 bits per heavy atom. The minimum absolute atomic E-state index is 0.431. The molecule has 3 nitrogen and oxygen atoms in total. The molecule has 0 atom stereocenters. The molecular weight excluding hydrogens is 259 g/mol. The fourth-order valence-corrected chi connectivity index (χ4v) is 1.34. The van der Waals surface area contributed by atoms with Crippen LogP contribution >= 0.6 is 0 Å². The number of hydrogen-bond acceptors (Lipinski definition) is 2. The molecule has 0 aliphatic rings. The summed E-state index contributed by atoms with van der Waals surface area (Å²) in [5.74, 6) is -4.66. The molecule has 0 aliphatic heterocycles. The molecule has 98 valence electrons. The fraction of sp³-hybridized carbons (Fsp3) is 0.